The predicted molar refractivity (Wildman–Crippen MR) is 79.0 cm³/mol. The maximum Gasteiger partial charge on any atom is 0.323 e. The van der Waals surface area contributed by atoms with E-state index in [0.717, 1.165) is 11.3 Å². The van der Waals surface area contributed by atoms with Gasteiger partial charge in [-0.05, 0) is 25.5 Å². The van der Waals surface area contributed by atoms with Gasteiger partial charge in [-0.1, -0.05) is 17.7 Å². The second-order valence-electron chi connectivity index (χ2n) is 5.04. The molecule has 0 aromatic heterocycles. The summed E-state index contributed by atoms with van der Waals surface area (Å²) in [6, 6.07) is 7.72. The normalized spacial score (nSPS) is 10.2. The first-order chi connectivity index (χ1) is 9.40. The van der Waals surface area contributed by atoms with Crippen molar-refractivity contribution in [3.8, 4) is 0 Å². The molecule has 0 aliphatic carbocycles. The van der Waals surface area contributed by atoms with Gasteiger partial charge in [-0.25, -0.2) is 0 Å². The van der Waals surface area contributed by atoms with Gasteiger partial charge in [0.05, 0.1) is 0 Å². The van der Waals surface area contributed by atoms with Crippen molar-refractivity contribution in [2.75, 3.05) is 32.1 Å². The number of carboxylic acids is 1. The van der Waals surface area contributed by atoms with Crippen LogP contribution in [0.5, 0.6) is 0 Å². The topological polar surface area (TPSA) is 60.9 Å². The molecular formula is C15H22N2O3. The van der Waals surface area contributed by atoms with E-state index >= 15 is 0 Å². The number of carbonyl (C=O) groups is 2. The van der Waals surface area contributed by atoms with Gasteiger partial charge in [-0.15, -0.1) is 0 Å². The van der Waals surface area contributed by atoms with Crippen LogP contribution < -0.4 is 4.90 Å². The van der Waals surface area contributed by atoms with Gasteiger partial charge < -0.3 is 14.9 Å². The van der Waals surface area contributed by atoms with Crippen molar-refractivity contribution < 1.29 is 14.7 Å². The van der Waals surface area contributed by atoms with E-state index in [1.807, 2.05) is 31.2 Å². The molecule has 5 heteroatoms. The number of anilines is 1. The van der Waals surface area contributed by atoms with Crippen LogP contribution >= 0.6 is 0 Å². The average molecular weight is 278 g/mol. The quantitative estimate of drug-likeness (QED) is 0.825. The van der Waals surface area contributed by atoms with Crippen molar-refractivity contribution in [2.24, 2.45) is 0 Å². The Morgan fingerprint density at radius 3 is 2.25 bits per heavy atom. The van der Waals surface area contributed by atoms with Gasteiger partial charge in [-0.3, -0.25) is 9.59 Å². The minimum atomic E-state index is -0.871. The first-order valence-electron chi connectivity index (χ1n) is 6.63. The number of carboxylic acid groups (broad SMARTS) is 1. The number of carbonyl (C=O) groups excluding carboxylic acids is 1. The Balaban J connectivity index is 2.63. The van der Waals surface area contributed by atoms with Crippen molar-refractivity contribution in [3.63, 3.8) is 0 Å². The van der Waals surface area contributed by atoms with Crippen molar-refractivity contribution >= 4 is 17.6 Å². The molecule has 0 fully saturated rings. The highest BCUT2D eigenvalue weighted by molar-refractivity contribution is 5.76. The van der Waals surface area contributed by atoms with Crippen molar-refractivity contribution in [1.82, 2.24) is 4.90 Å². The molecular weight excluding hydrogens is 256 g/mol. The van der Waals surface area contributed by atoms with Crippen LogP contribution in [-0.4, -0.2) is 49.1 Å². The van der Waals surface area contributed by atoms with Gasteiger partial charge in [-0.2, -0.15) is 0 Å². The van der Waals surface area contributed by atoms with Gasteiger partial charge >= 0.3 is 5.97 Å². The summed E-state index contributed by atoms with van der Waals surface area (Å²) in [7, 11) is 3.44. The van der Waals surface area contributed by atoms with Gasteiger partial charge in [0.1, 0.15) is 6.54 Å². The molecule has 1 N–H and O–H groups in total. The Bertz CT molecular complexity index is 455. The molecule has 0 atom stereocenters. The molecule has 110 valence electrons. The van der Waals surface area contributed by atoms with Gasteiger partial charge in [0, 0.05) is 32.7 Å². The average Bonchev–Trinajstić information content (AvgIpc) is 2.37. The zero-order chi connectivity index (χ0) is 15.1. The predicted octanol–water partition coefficient (Wildman–Crippen LogP) is 1.75. The molecule has 0 aliphatic heterocycles. The fraction of sp³-hybridized carbons (Fsp3) is 0.467. The van der Waals surface area contributed by atoms with Gasteiger partial charge in [0.2, 0.25) is 5.91 Å². The highest BCUT2D eigenvalue weighted by atomic mass is 16.4. The zero-order valence-electron chi connectivity index (χ0n) is 12.3. The SMILES string of the molecule is Cc1ccc(N(CCCC(=O)N(C)C)CC(=O)O)cc1. The van der Waals surface area contributed by atoms with Crippen LogP contribution in [0.2, 0.25) is 0 Å². The lowest BCUT2D eigenvalue weighted by molar-refractivity contribution is -0.135. The van der Waals surface area contributed by atoms with E-state index in [9.17, 15) is 9.59 Å². The standard InChI is InChI=1S/C15H22N2O3/c1-12-6-8-13(9-7-12)17(11-15(19)20)10-4-5-14(18)16(2)3/h6-9H,4-5,10-11H2,1-3H3,(H,19,20). The Labute approximate surface area is 119 Å². The Morgan fingerprint density at radius 1 is 1.15 bits per heavy atom. The Morgan fingerprint density at radius 2 is 1.75 bits per heavy atom. The van der Waals surface area contributed by atoms with E-state index in [1.54, 1.807) is 23.9 Å². The van der Waals surface area contributed by atoms with E-state index < -0.39 is 5.97 Å². The number of amides is 1. The summed E-state index contributed by atoms with van der Waals surface area (Å²) in [6.45, 7) is 2.48. The fourth-order valence-corrected chi connectivity index (χ4v) is 1.86. The van der Waals surface area contributed by atoms with Crippen LogP contribution in [0, 0.1) is 6.92 Å². The molecule has 1 aromatic rings. The summed E-state index contributed by atoms with van der Waals surface area (Å²) in [5.41, 5.74) is 2.00. The number of benzene rings is 1. The van der Waals surface area contributed by atoms with Crippen LogP contribution in [0.4, 0.5) is 5.69 Å². The molecule has 0 radical (unpaired) electrons. The number of hydrogen-bond acceptors (Lipinski definition) is 3. The molecule has 1 rings (SSSR count). The smallest absolute Gasteiger partial charge is 0.323 e. The van der Waals surface area contributed by atoms with E-state index in [2.05, 4.69) is 0 Å². The first-order valence-corrected chi connectivity index (χ1v) is 6.63. The number of hydrogen-bond donors (Lipinski definition) is 1. The van der Waals surface area contributed by atoms with Crippen LogP contribution in [-0.2, 0) is 9.59 Å². The van der Waals surface area contributed by atoms with Crippen molar-refractivity contribution in [1.29, 1.82) is 0 Å². The Kier molecular flexibility index (Phi) is 6.03. The van der Waals surface area contributed by atoms with Gasteiger partial charge in [0.15, 0.2) is 0 Å². The van der Waals surface area contributed by atoms with Gasteiger partial charge in [0.25, 0.3) is 0 Å². The largest absolute Gasteiger partial charge is 0.480 e. The molecule has 0 heterocycles. The highest BCUT2D eigenvalue weighted by Crippen LogP contribution is 2.15. The summed E-state index contributed by atoms with van der Waals surface area (Å²) in [6.07, 6.45) is 1.06. The third kappa shape index (κ3) is 5.30. The summed E-state index contributed by atoms with van der Waals surface area (Å²) in [5, 5.41) is 8.98. The maximum atomic E-state index is 11.5. The number of aryl methyl sites for hydroxylation is 1. The maximum absolute atomic E-state index is 11.5. The summed E-state index contributed by atoms with van der Waals surface area (Å²) < 4.78 is 0. The first kappa shape index (κ1) is 16.0. The molecule has 0 saturated carbocycles. The molecule has 1 aromatic carbocycles. The molecule has 0 spiro atoms. The molecule has 20 heavy (non-hydrogen) atoms. The number of nitrogens with zero attached hydrogens (tertiary/aromatic N) is 2. The lowest BCUT2D eigenvalue weighted by Crippen LogP contribution is -2.31. The third-order valence-corrected chi connectivity index (χ3v) is 3.04. The fourth-order valence-electron chi connectivity index (χ4n) is 1.86. The number of rotatable bonds is 7. The van der Waals surface area contributed by atoms with Crippen LogP contribution in [0.1, 0.15) is 18.4 Å². The lowest BCUT2D eigenvalue weighted by atomic mass is 10.2. The van der Waals surface area contributed by atoms with E-state index in [1.165, 1.54) is 0 Å². The molecule has 0 unspecified atom stereocenters. The van der Waals surface area contributed by atoms with E-state index in [4.69, 9.17) is 5.11 Å². The minimum absolute atomic E-state index is 0.0563. The van der Waals surface area contributed by atoms with Crippen LogP contribution in [0.15, 0.2) is 24.3 Å². The molecule has 5 nitrogen and oxygen atoms in total. The van der Waals surface area contributed by atoms with E-state index in [-0.39, 0.29) is 12.5 Å². The summed E-state index contributed by atoms with van der Waals surface area (Å²) in [5.74, 6) is -0.811. The molecule has 0 saturated heterocycles. The second-order valence-corrected chi connectivity index (χ2v) is 5.04. The number of aliphatic carboxylic acids is 1. The van der Waals surface area contributed by atoms with Crippen LogP contribution in [0.3, 0.4) is 0 Å². The highest BCUT2D eigenvalue weighted by Gasteiger charge is 2.12. The van der Waals surface area contributed by atoms with Crippen molar-refractivity contribution in [2.45, 2.75) is 19.8 Å². The minimum Gasteiger partial charge on any atom is -0.480 e. The monoisotopic (exact) mass is 278 g/mol. The van der Waals surface area contributed by atoms with Crippen LogP contribution in [0.25, 0.3) is 0 Å². The van der Waals surface area contributed by atoms with Crippen molar-refractivity contribution in [3.05, 3.63) is 29.8 Å². The Hall–Kier alpha value is -2.04. The summed E-state index contributed by atoms with van der Waals surface area (Å²) in [4.78, 5) is 25.8. The molecule has 0 aliphatic rings. The summed E-state index contributed by atoms with van der Waals surface area (Å²) >= 11 is 0. The zero-order valence-corrected chi connectivity index (χ0v) is 12.3. The molecule has 0 bridgehead atoms. The van der Waals surface area contributed by atoms with E-state index in [0.29, 0.717) is 19.4 Å². The lowest BCUT2D eigenvalue weighted by Gasteiger charge is -2.23. The second kappa shape index (κ2) is 7.53. The molecule has 1 amide bonds. The third-order valence-electron chi connectivity index (χ3n) is 3.04.